The lowest BCUT2D eigenvalue weighted by Gasteiger charge is -2.21. The molecule has 0 fully saturated rings. The average Bonchev–Trinajstić information content (AvgIpc) is 2.91. The van der Waals surface area contributed by atoms with Gasteiger partial charge in [0.25, 0.3) is 5.91 Å². The second-order valence-corrected chi connectivity index (χ2v) is 7.54. The molecule has 0 spiro atoms. The van der Waals surface area contributed by atoms with Crippen LogP contribution in [0, 0.1) is 13.8 Å². The Hall–Kier alpha value is -3.49. The van der Waals surface area contributed by atoms with Gasteiger partial charge in [-0.2, -0.15) is 0 Å². The van der Waals surface area contributed by atoms with Crippen molar-refractivity contribution < 1.29 is 28.6 Å². The summed E-state index contributed by atoms with van der Waals surface area (Å²) in [6.07, 6.45) is -0.720. The minimum absolute atomic E-state index is 0.0528. The van der Waals surface area contributed by atoms with E-state index in [0.717, 1.165) is 0 Å². The topological polar surface area (TPSA) is 108 Å². The van der Waals surface area contributed by atoms with Gasteiger partial charge in [-0.15, -0.1) is 0 Å². The summed E-state index contributed by atoms with van der Waals surface area (Å²) in [5.41, 5.74) is 3.20. The lowest BCUT2D eigenvalue weighted by molar-refractivity contribution is 0.0587. The van der Waals surface area contributed by atoms with Crippen LogP contribution in [-0.2, 0) is 9.47 Å². The number of ether oxygens (including phenoxy) is 3. The fourth-order valence-electron chi connectivity index (χ4n) is 2.89. The van der Waals surface area contributed by atoms with Crippen LogP contribution in [0.25, 0.3) is 0 Å². The van der Waals surface area contributed by atoms with Crippen molar-refractivity contribution in [2.45, 2.75) is 40.2 Å². The second-order valence-electron chi connectivity index (χ2n) is 7.54. The molecule has 0 aliphatic rings. The smallest absolute Gasteiger partial charge is 0.426 e. The molecule has 162 valence electrons. The first-order chi connectivity index (χ1) is 14.0. The summed E-state index contributed by atoms with van der Waals surface area (Å²) >= 11 is 0. The highest BCUT2D eigenvalue weighted by atomic mass is 16.6. The maximum Gasteiger partial charge on any atom is 0.426 e. The number of anilines is 1. The zero-order valence-corrected chi connectivity index (χ0v) is 18.2. The van der Waals surface area contributed by atoms with Crippen molar-refractivity contribution in [3.8, 4) is 5.75 Å². The van der Waals surface area contributed by atoms with E-state index in [1.54, 1.807) is 66.0 Å². The summed E-state index contributed by atoms with van der Waals surface area (Å²) in [5.74, 6) is -0.575. The van der Waals surface area contributed by atoms with Crippen LogP contribution in [0.4, 0.5) is 10.5 Å². The molecule has 0 atom stereocenters. The number of methoxy groups -OCH3 is 2. The molecule has 0 radical (unpaired) electrons. The predicted molar refractivity (Wildman–Crippen MR) is 112 cm³/mol. The number of carbonyl (C=O) groups excluding carboxylic acids is 3. The Kier molecular flexibility index (Phi) is 6.76. The molecule has 0 aliphatic carbocycles. The van der Waals surface area contributed by atoms with Gasteiger partial charge in [0.15, 0.2) is 0 Å². The van der Waals surface area contributed by atoms with Gasteiger partial charge in [-0.3, -0.25) is 9.47 Å². The second kappa shape index (κ2) is 8.89. The van der Waals surface area contributed by atoms with Crippen LogP contribution in [0.15, 0.2) is 24.3 Å². The van der Waals surface area contributed by atoms with E-state index < -0.39 is 23.6 Å². The summed E-state index contributed by atoms with van der Waals surface area (Å²) < 4.78 is 16.6. The van der Waals surface area contributed by atoms with E-state index in [2.05, 4.69) is 10.7 Å². The molecular weight excluding hydrogens is 390 g/mol. The fraction of sp³-hybridized carbons (Fsp3) is 0.381. The minimum atomic E-state index is -0.720. The lowest BCUT2D eigenvalue weighted by Crippen LogP contribution is -2.32. The largest absolute Gasteiger partial charge is 0.497 e. The molecule has 0 bridgehead atoms. The van der Waals surface area contributed by atoms with Crippen molar-refractivity contribution in [2.24, 2.45) is 0 Å². The summed E-state index contributed by atoms with van der Waals surface area (Å²) in [7, 11) is 2.77. The third-order valence-electron chi connectivity index (χ3n) is 4.21. The predicted octanol–water partition coefficient (Wildman–Crippen LogP) is 3.63. The summed E-state index contributed by atoms with van der Waals surface area (Å²) in [6, 6.07) is 6.74. The molecule has 0 aliphatic heterocycles. The fourth-order valence-corrected chi connectivity index (χ4v) is 2.89. The molecular formula is C21H27N3O6. The monoisotopic (exact) mass is 417 g/mol. The number of hydrogen-bond acceptors (Lipinski definition) is 6. The van der Waals surface area contributed by atoms with Gasteiger partial charge in [-0.05, 0) is 58.9 Å². The van der Waals surface area contributed by atoms with E-state index >= 15 is 0 Å². The molecule has 2 aromatic rings. The maximum atomic E-state index is 13.0. The number of carbonyl (C=O) groups is 3. The molecule has 30 heavy (non-hydrogen) atoms. The zero-order chi connectivity index (χ0) is 22.6. The molecule has 0 unspecified atom stereocenters. The highest BCUT2D eigenvalue weighted by Gasteiger charge is 2.29. The first-order valence-electron chi connectivity index (χ1n) is 9.24. The third kappa shape index (κ3) is 5.11. The van der Waals surface area contributed by atoms with Gasteiger partial charge < -0.3 is 19.5 Å². The Morgan fingerprint density at radius 2 is 1.50 bits per heavy atom. The average molecular weight is 417 g/mol. The van der Waals surface area contributed by atoms with Crippen LogP contribution in [0.5, 0.6) is 5.75 Å². The van der Waals surface area contributed by atoms with Gasteiger partial charge in [0, 0.05) is 5.69 Å². The van der Waals surface area contributed by atoms with Crippen LogP contribution in [0.2, 0.25) is 0 Å². The molecule has 0 saturated carbocycles. The minimum Gasteiger partial charge on any atom is -0.497 e. The number of amides is 2. The van der Waals surface area contributed by atoms with Crippen LogP contribution >= 0.6 is 0 Å². The van der Waals surface area contributed by atoms with E-state index in [1.807, 2.05) is 0 Å². The lowest BCUT2D eigenvalue weighted by atomic mass is 10.1. The number of hydrogen-bond donors (Lipinski definition) is 2. The third-order valence-corrected chi connectivity index (χ3v) is 4.21. The van der Waals surface area contributed by atoms with Crippen molar-refractivity contribution in [1.29, 1.82) is 0 Å². The SMILES string of the molecule is COC(=O)c1c(C(=O)Nc2ccc(OC)cc2)c(C)n(NC(=O)OC(C)(C)C)c1C. The number of rotatable bonds is 5. The van der Waals surface area contributed by atoms with Gasteiger partial charge in [0.2, 0.25) is 0 Å². The molecule has 2 N–H and O–H groups in total. The molecule has 1 aromatic heterocycles. The Balaban J connectivity index is 2.42. The van der Waals surface area contributed by atoms with Crippen molar-refractivity contribution in [3.05, 3.63) is 46.8 Å². The van der Waals surface area contributed by atoms with Crippen molar-refractivity contribution in [3.63, 3.8) is 0 Å². The van der Waals surface area contributed by atoms with Crippen LogP contribution in [-0.4, -0.2) is 42.5 Å². The van der Waals surface area contributed by atoms with Gasteiger partial charge >= 0.3 is 12.1 Å². The maximum absolute atomic E-state index is 13.0. The van der Waals surface area contributed by atoms with Gasteiger partial charge in [-0.1, -0.05) is 0 Å². The first kappa shape index (κ1) is 22.8. The number of nitrogens with one attached hydrogen (secondary N) is 2. The zero-order valence-electron chi connectivity index (χ0n) is 18.2. The van der Waals surface area contributed by atoms with E-state index in [-0.39, 0.29) is 11.1 Å². The molecule has 9 nitrogen and oxygen atoms in total. The number of esters is 1. The molecule has 2 rings (SSSR count). The number of benzene rings is 1. The van der Waals surface area contributed by atoms with Gasteiger partial charge in [0.05, 0.1) is 36.7 Å². The Labute approximate surface area is 175 Å². The van der Waals surface area contributed by atoms with Crippen LogP contribution in [0.3, 0.4) is 0 Å². The molecule has 0 saturated heterocycles. The van der Waals surface area contributed by atoms with Crippen molar-refractivity contribution in [1.82, 2.24) is 4.68 Å². The van der Waals surface area contributed by atoms with Crippen LogP contribution < -0.4 is 15.5 Å². The molecule has 1 heterocycles. The molecule has 1 aromatic carbocycles. The van der Waals surface area contributed by atoms with E-state index in [0.29, 0.717) is 22.8 Å². The molecule has 9 heteroatoms. The quantitative estimate of drug-likeness (QED) is 0.720. The molecule has 2 amide bonds. The van der Waals surface area contributed by atoms with Crippen molar-refractivity contribution >= 4 is 23.7 Å². The first-order valence-corrected chi connectivity index (χ1v) is 9.24. The Bertz CT molecular complexity index is 955. The summed E-state index contributed by atoms with van der Waals surface area (Å²) in [4.78, 5) is 37.6. The van der Waals surface area contributed by atoms with Crippen molar-refractivity contribution in [2.75, 3.05) is 25.0 Å². The van der Waals surface area contributed by atoms with Gasteiger partial charge in [-0.25, -0.2) is 15.0 Å². The van der Waals surface area contributed by atoms with E-state index in [1.165, 1.54) is 11.8 Å². The number of nitrogens with zero attached hydrogens (tertiary/aromatic N) is 1. The Morgan fingerprint density at radius 1 is 0.933 bits per heavy atom. The summed E-state index contributed by atoms with van der Waals surface area (Å²) in [5, 5.41) is 2.74. The highest BCUT2D eigenvalue weighted by Crippen LogP contribution is 2.25. The van der Waals surface area contributed by atoms with Crippen LogP contribution in [0.1, 0.15) is 52.9 Å². The van der Waals surface area contributed by atoms with E-state index in [4.69, 9.17) is 14.2 Å². The highest BCUT2D eigenvalue weighted by molar-refractivity contribution is 6.12. The Morgan fingerprint density at radius 3 is 2.00 bits per heavy atom. The standard InChI is InChI=1S/C21H27N3O6/c1-12-16(18(25)22-14-8-10-15(28-6)11-9-14)17(19(26)29-7)13(2)24(12)23-20(27)30-21(3,4)5/h8-11H,1-7H3,(H,22,25)(H,23,27). The van der Waals surface area contributed by atoms with E-state index in [9.17, 15) is 14.4 Å². The summed E-state index contributed by atoms with van der Waals surface area (Å²) in [6.45, 7) is 8.40. The van der Waals surface area contributed by atoms with Gasteiger partial charge in [0.1, 0.15) is 11.4 Å². The normalized spacial score (nSPS) is 10.9. The number of aromatic nitrogens is 1.